The second-order valence-corrected chi connectivity index (χ2v) is 5.55. The minimum absolute atomic E-state index is 0.226. The molecular weight excluding hydrogens is 348 g/mol. The molecule has 0 radical (unpaired) electrons. The lowest BCUT2D eigenvalue weighted by Gasteiger charge is -2.11. The molecule has 3 rings (SSSR count). The molecule has 8 heteroatoms. The maximum atomic E-state index is 12.2. The molecule has 2 heterocycles. The van der Waals surface area contributed by atoms with E-state index in [0.29, 0.717) is 23.0 Å². The van der Waals surface area contributed by atoms with Crippen molar-refractivity contribution in [2.45, 2.75) is 6.54 Å². The topological polar surface area (TPSA) is 95.3 Å². The van der Waals surface area contributed by atoms with Gasteiger partial charge in [0.05, 0.1) is 19.9 Å². The first-order valence-electron chi connectivity index (χ1n) is 8.12. The van der Waals surface area contributed by atoms with Gasteiger partial charge < -0.3 is 14.8 Å². The van der Waals surface area contributed by atoms with Crippen molar-refractivity contribution >= 4 is 11.7 Å². The number of benzene rings is 1. The van der Waals surface area contributed by atoms with Gasteiger partial charge in [0, 0.05) is 17.8 Å². The number of ether oxygens (including phenoxy) is 2. The molecule has 0 unspecified atom stereocenters. The first kappa shape index (κ1) is 18.1. The fraction of sp³-hybridized carbons (Fsp3) is 0.158. The summed E-state index contributed by atoms with van der Waals surface area (Å²) in [6, 6.07) is 13.4. The number of amides is 1. The van der Waals surface area contributed by atoms with Crippen molar-refractivity contribution in [1.82, 2.24) is 14.8 Å². The number of anilines is 1. The summed E-state index contributed by atoms with van der Waals surface area (Å²) in [7, 11) is 3.09. The van der Waals surface area contributed by atoms with Gasteiger partial charge in [-0.05, 0) is 36.4 Å². The smallest absolute Gasteiger partial charge is 0.267 e. The van der Waals surface area contributed by atoms with Gasteiger partial charge in [0.1, 0.15) is 12.4 Å². The van der Waals surface area contributed by atoms with Gasteiger partial charge in [0.2, 0.25) is 5.91 Å². The van der Waals surface area contributed by atoms with Crippen LogP contribution in [-0.4, -0.2) is 34.9 Å². The highest BCUT2D eigenvalue weighted by atomic mass is 16.5. The Bertz CT molecular complexity index is 1000. The Hall–Kier alpha value is -3.68. The fourth-order valence-corrected chi connectivity index (χ4v) is 2.47. The van der Waals surface area contributed by atoms with Crippen molar-refractivity contribution in [3.63, 3.8) is 0 Å². The van der Waals surface area contributed by atoms with Crippen LogP contribution in [0.4, 0.5) is 5.82 Å². The Morgan fingerprint density at radius 1 is 1.07 bits per heavy atom. The lowest BCUT2D eigenvalue weighted by Crippen LogP contribution is -2.29. The molecule has 0 spiro atoms. The van der Waals surface area contributed by atoms with E-state index < -0.39 is 5.91 Å². The van der Waals surface area contributed by atoms with Crippen molar-refractivity contribution in [3.8, 4) is 22.8 Å². The van der Waals surface area contributed by atoms with Crippen molar-refractivity contribution < 1.29 is 14.3 Å². The molecule has 1 aromatic carbocycles. The van der Waals surface area contributed by atoms with Gasteiger partial charge in [-0.2, -0.15) is 5.10 Å². The highest BCUT2D eigenvalue weighted by Gasteiger charge is 2.11. The fourth-order valence-electron chi connectivity index (χ4n) is 2.47. The monoisotopic (exact) mass is 366 g/mol. The molecule has 138 valence electrons. The van der Waals surface area contributed by atoms with Crippen LogP contribution >= 0.6 is 0 Å². The van der Waals surface area contributed by atoms with E-state index >= 15 is 0 Å². The Balaban J connectivity index is 1.84. The van der Waals surface area contributed by atoms with E-state index in [0.717, 1.165) is 10.2 Å². The molecule has 2 aromatic heterocycles. The lowest BCUT2D eigenvalue weighted by atomic mass is 10.1. The molecule has 0 saturated heterocycles. The number of hydrogen-bond acceptors (Lipinski definition) is 6. The van der Waals surface area contributed by atoms with Crippen LogP contribution in [0.15, 0.2) is 59.5 Å². The van der Waals surface area contributed by atoms with Crippen LogP contribution in [-0.2, 0) is 11.3 Å². The third-order valence-corrected chi connectivity index (χ3v) is 3.77. The van der Waals surface area contributed by atoms with Crippen LogP contribution < -0.4 is 20.3 Å². The molecule has 0 saturated carbocycles. The molecule has 27 heavy (non-hydrogen) atoms. The highest BCUT2D eigenvalue weighted by Crippen LogP contribution is 2.31. The van der Waals surface area contributed by atoms with E-state index in [-0.39, 0.29) is 12.1 Å². The average molecular weight is 366 g/mol. The maximum Gasteiger partial charge on any atom is 0.267 e. The minimum atomic E-state index is -0.396. The molecule has 8 nitrogen and oxygen atoms in total. The van der Waals surface area contributed by atoms with Crippen LogP contribution in [0.2, 0.25) is 0 Å². The Morgan fingerprint density at radius 2 is 1.89 bits per heavy atom. The summed E-state index contributed by atoms with van der Waals surface area (Å²) < 4.78 is 11.6. The normalized spacial score (nSPS) is 10.3. The summed E-state index contributed by atoms with van der Waals surface area (Å²) in [6.45, 7) is -0.226. The number of rotatable bonds is 6. The highest BCUT2D eigenvalue weighted by molar-refractivity contribution is 5.89. The number of hydrogen-bond donors (Lipinski definition) is 1. The Morgan fingerprint density at radius 3 is 2.59 bits per heavy atom. The van der Waals surface area contributed by atoms with Crippen LogP contribution in [0, 0.1) is 0 Å². The summed E-state index contributed by atoms with van der Waals surface area (Å²) >= 11 is 0. The standard InChI is InChI=1S/C19H18N4O4/c1-26-15-8-6-13(11-16(15)27-2)14-7-9-19(25)23(22-14)12-18(24)21-17-5-3-4-10-20-17/h3-11H,12H2,1-2H3,(H,20,21,24). The molecule has 0 aliphatic rings. The zero-order valence-corrected chi connectivity index (χ0v) is 14.9. The molecule has 0 bridgehead atoms. The molecule has 0 atom stereocenters. The zero-order chi connectivity index (χ0) is 19.2. The SMILES string of the molecule is COc1ccc(-c2ccc(=O)n(CC(=O)Nc3ccccn3)n2)cc1OC. The number of pyridine rings is 1. The molecule has 0 aliphatic carbocycles. The van der Waals surface area contributed by atoms with Gasteiger partial charge >= 0.3 is 0 Å². The van der Waals surface area contributed by atoms with E-state index in [9.17, 15) is 9.59 Å². The molecule has 1 N–H and O–H groups in total. The van der Waals surface area contributed by atoms with Crippen LogP contribution in [0.5, 0.6) is 11.5 Å². The first-order valence-corrected chi connectivity index (χ1v) is 8.12. The van der Waals surface area contributed by atoms with Crippen LogP contribution in [0.1, 0.15) is 0 Å². The number of nitrogens with one attached hydrogen (secondary N) is 1. The van der Waals surface area contributed by atoms with Gasteiger partial charge in [-0.1, -0.05) is 6.07 Å². The number of carbonyl (C=O) groups excluding carboxylic acids is 1. The third kappa shape index (κ3) is 4.30. The maximum absolute atomic E-state index is 12.2. The number of methoxy groups -OCH3 is 2. The number of carbonyl (C=O) groups is 1. The average Bonchev–Trinajstić information content (AvgIpc) is 2.69. The van der Waals surface area contributed by atoms with Gasteiger partial charge in [-0.25, -0.2) is 9.67 Å². The zero-order valence-electron chi connectivity index (χ0n) is 14.9. The molecule has 1 amide bonds. The molecular formula is C19H18N4O4. The van der Waals surface area contributed by atoms with E-state index in [2.05, 4.69) is 15.4 Å². The predicted molar refractivity (Wildman–Crippen MR) is 99.9 cm³/mol. The summed E-state index contributed by atoms with van der Waals surface area (Å²) in [6.07, 6.45) is 1.57. The van der Waals surface area contributed by atoms with Crippen LogP contribution in [0.25, 0.3) is 11.3 Å². The Kier molecular flexibility index (Phi) is 5.46. The largest absolute Gasteiger partial charge is 0.493 e. The number of aromatic nitrogens is 3. The minimum Gasteiger partial charge on any atom is -0.493 e. The van der Waals surface area contributed by atoms with Crippen molar-refractivity contribution in [2.24, 2.45) is 0 Å². The summed E-state index contributed by atoms with van der Waals surface area (Å²) in [5, 5.41) is 6.91. The lowest BCUT2D eigenvalue weighted by molar-refractivity contribution is -0.117. The van der Waals surface area contributed by atoms with Crippen molar-refractivity contribution in [1.29, 1.82) is 0 Å². The second-order valence-electron chi connectivity index (χ2n) is 5.55. The van der Waals surface area contributed by atoms with Crippen LogP contribution in [0.3, 0.4) is 0 Å². The summed E-state index contributed by atoms with van der Waals surface area (Å²) in [5.41, 5.74) is 0.878. The Labute approximate surface area is 155 Å². The molecule has 0 aliphatic heterocycles. The van der Waals surface area contributed by atoms with Gasteiger partial charge in [0.25, 0.3) is 5.56 Å². The van der Waals surface area contributed by atoms with Gasteiger partial charge in [0.15, 0.2) is 11.5 Å². The summed E-state index contributed by atoms with van der Waals surface area (Å²) in [5.74, 6) is 1.14. The first-order chi connectivity index (χ1) is 13.1. The van der Waals surface area contributed by atoms with Gasteiger partial charge in [-0.3, -0.25) is 9.59 Å². The predicted octanol–water partition coefficient (Wildman–Crippen LogP) is 1.96. The van der Waals surface area contributed by atoms with Crippen molar-refractivity contribution in [3.05, 3.63) is 65.1 Å². The summed E-state index contributed by atoms with van der Waals surface area (Å²) in [4.78, 5) is 28.3. The van der Waals surface area contributed by atoms with E-state index in [4.69, 9.17) is 9.47 Å². The molecule has 0 fully saturated rings. The van der Waals surface area contributed by atoms with Crippen molar-refractivity contribution in [2.75, 3.05) is 19.5 Å². The van der Waals surface area contributed by atoms with E-state index in [1.807, 2.05) is 0 Å². The quantitative estimate of drug-likeness (QED) is 0.717. The van der Waals surface area contributed by atoms with E-state index in [1.54, 1.807) is 55.8 Å². The molecule has 3 aromatic rings. The second kappa shape index (κ2) is 8.13. The van der Waals surface area contributed by atoms with E-state index in [1.165, 1.54) is 13.2 Å². The van der Waals surface area contributed by atoms with Gasteiger partial charge in [-0.15, -0.1) is 0 Å². The number of nitrogens with zero attached hydrogens (tertiary/aromatic N) is 3. The third-order valence-electron chi connectivity index (χ3n) is 3.77.